The van der Waals surface area contributed by atoms with Crippen molar-refractivity contribution in [3.8, 4) is 5.75 Å². The zero-order valence-corrected chi connectivity index (χ0v) is 14.7. The third-order valence-corrected chi connectivity index (χ3v) is 4.87. The topological polar surface area (TPSA) is 51.4 Å². The van der Waals surface area contributed by atoms with Crippen molar-refractivity contribution in [3.63, 3.8) is 0 Å². The first-order valence-corrected chi connectivity index (χ1v) is 8.96. The molecular formula is C22H23N3O. The maximum atomic E-state index is 6.11. The van der Waals surface area contributed by atoms with Crippen LogP contribution in [0.3, 0.4) is 0 Å². The third kappa shape index (κ3) is 3.62. The number of fused-ring (bicyclic) bond motifs is 1. The van der Waals surface area contributed by atoms with Crippen LogP contribution in [0, 0.1) is 0 Å². The van der Waals surface area contributed by atoms with E-state index in [1.807, 2.05) is 30.5 Å². The number of hydrogen-bond acceptors (Lipinski definition) is 4. The molecule has 2 heterocycles. The Labute approximate surface area is 154 Å². The minimum Gasteiger partial charge on any atom is -0.489 e. The van der Waals surface area contributed by atoms with Gasteiger partial charge in [-0.1, -0.05) is 42.5 Å². The van der Waals surface area contributed by atoms with Gasteiger partial charge in [0.15, 0.2) is 0 Å². The van der Waals surface area contributed by atoms with E-state index in [9.17, 15) is 0 Å². The SMILES string of the molecule is NCC1c2cc(OCc3ccccc3)ccc2CN1Cc1cccnc1. The molecule has 2 N–H and O–H groups in total. The second kappa shape index (κ2) is 7.68. The molecule has 1 unspecified atom stereocenters. The highest BCUT2D eigenvalue weighted by Gasteiger charge is 2.29. The van der Waals surface area contributed by atoms with Crippen LogP contribution in [0.4, 0.5) is 0 Å². The van der Waals surface area contributed by atoms with Crippen LogP contribution in [0.25, 0.3) is 0 Å². The van der Waals surface area contributed by atoms with Gasteiger partial charge in [0, 0.05) is 38.1 Å². The van der Waals surface area contributed by atoms with Crippen LogP contribution in [0.1, 0.15) is 28.3 Å². The quantitative estimate of drug-likeness (QED) is 0.740. The minimum absolute atomic E-state index is 0.213. The van der Waals surface area contributed by atoms with Crippen molar-refractivity contribution in [2.75, 3.05) is 6.54 Å². The van der Waals surface area contributed by atoms with Crippen LogP contribution >= 0.6 is 0 Å². The Balaban J connectivity index is 1.49. The van der Waals surface area contributed by atoms with Crippen molar-refractivity contribution < 1.29 is 4.74 Å². The van der Waals surface area contributed by atoms with Gasteiger partial charge in [-0.3, -0.25) is 9.88 Å². The molecule has 26 heavy (non-hydrogen) atoms. The Hall–Kier alpha value is -2.69. The summed E-state index contributed by atoms with van der Waals surface area (Å²) in [5, 5.41) is 0. The first kappa shape index (κ1) is 16.8. The summed E-state index contributed by atoms with van der Waals surface area (Å²) in [4.78, 5) is 6.62. The molecule has 4 nitrogen and oxygen atoms in total. The minimum atomic E-state index is 0.213. The molecule has 0 bridgehead atoms. The highest BCUT2D eigenvalue weighted by atomic mass is 16.5. The summed E-state index contributed by atoms with van der Waals surface area (Å²) in [6.45, 7) is 2.93. The predicted octanol–water partition coefficient (Wildman–Crippen LogP) is 3.68. The van der Waals surface area contributed by atoms with Crippen LogP contribution in [0.15, 0.2) is 73.1 Å². The molecule has 2 aromatic carbocycles. The Morgan fingerprint density at radius 1 is 1.04 bits per heavy atom. The molecule has 0 saturated heterocycles. The molecule has 1 aliphatic heterocycles. The Bertz CT molecular complexity index is 852. The van der Waals surface area contributed by atoms with Crippen LogP contribution in [0.5, 0.6) is 5.75 Å². The highest BCUT2D eigenvalue weighted by molar-refractivity contribution is 5.41. The molecule has 4 rings (SSSR count). The van der Waals surface area contributed by atoms with Crippen molar-refractivity contribution in [2.45, 2.75) is 25.7 Å². The van der Waals surface area contributed by atoms with Crippen LogP contribution in [-0.4, -0.2) is 16.4 Å². The first-order chi connectivity index (χ1) is 12.8. The normalized spacial score (nSPS) is 16.4. The number of benzene rings is 2. The van der Waals surface area contributed by atoms with E-state index in [0.29, 0.717) is 13.2 Å². The number of nitrogens with zero attached hydrogens (tertiary/aromatic N) is 2. The van der Waals surface area contributed by atoms with Gasteiger partial charge < -0.3 is 10.5 Å². The highest BCUT2D eigenvalue weighted by Crippen LogP contribution is 2.36. The summed E-state index contributed by atoms with van der Waals surface area (Å²) in [5.74, 6) is 0.897. The van der Waals surface area contributed by atoms with Gasteiger partial charge in [0.25, 0.3) is 0 Å². The van der Waals surface area contributed by atoms with E-state index in [0.717, 1.165) is 18.8 Å². The maximum absolute atomic E-state index is 6.11. The number of ether oxygens (including phenoxy) is 1. The van der Waals surface area contributed by atoms with Crippen molar-refractivity contribution in [1.82, 2.24) is 9.88 Å². The van der Waals surface area contributed by atoms with Gasteiger partial charge in [-0.05, 0) is 40.5 Å². The number of nitrogens with two attached hydrogens (primary N) is 1. The van der Waals surface area contributed by atoms with E-state index in [4.69, 9.17) is 10.5 Å². The van der Waals surface area contributed by atoms with Crippen LogP contribution < -0.4 is 10.5 Å². The van der Waals surface area contributed by atoms with Crippen molar-refractivity contribution in [2.24, 2.45) is 5.73 Å². The second-order valence-corrected chi connectivity index (χ2v) is 6.65. The number of aromatic nitrogens is 1. The van der Waals surface area contributed by atoms with E-state index in [1.165, 1.54) is 22.3 Å². The summed E-state index contributed by atoms with van der Waals surface area (Å²) in [6, 6.07) is 20.9. The van der Waals surface area contributed by atoms with Gasteiger partial charge in [-0.15, -0.1) is 0 Å². The molecule has 0 amide bonds. The molecule has 0 saturated carbocycles. The lowest BCUT2D eigenvalue weighted by Crippen LogP contribution is -2.27. The molecular weight excluding hydrogens is 322 g/mol. The standard InChI is InChI=1S/C22H23N3O/c23-12-22-21-11-20(26-16-17-5-2-1-3-6-17)9-8-19(21)15-25(22)14-18-7-4-10-24-13-18/h1-11,13,22H,12,14-16,23H2. The summed E-state index contributed by atoms with van der Waals surface area (Å²) in [6.07, 6.45) is 3.73. The van der Waals surface area contributed by atoms with Crippen molar-refractivity contribution in [3.05, 3.63) is 95.3 Å². The fourth-order valence-corrected chi connectivity index (χ4v) is 3.55. The average Bonchev–Trinajstić information content (AvgIpc) is 3.04. The van der Waals surface area contributed by atoms with Gasteiger partial charge in [-0.25, -0.2) is 0 Å². The molecule has 132 valence electrons. The fraction of sp³-hybridized carbons (Fsp3) is 0.227. The van der Waals surface area contributed by atoms with Gasteiger partial charge in [0.1, 0.15) is 12.4 Å². The third-order valence-electron chi connectivity index (χ3n) is 4.87. The fourth-order valence-electron chi connectivity index (χ4n) is 3.55. The molecule has 1 atom stereocenters. The molecule has 0 radical (unpaired) electrons. The smallest absolute Gasteiger partial charge is 0.120 e. The van der Waals surface area contributed by atoms with Gasteiger partial charge >= 0.3 is 0 Å². The molecule has 0 spiro atoms. The lowest BCUT2D eigenvalue weighted by Gasteiger charge is -2.23. The van der Waals surface area contributed by atoms with Crippen molar-refractivity contribution >= 4 is 0 Å². The lowest BCUT2D eigenvalue weighted by molar-refractivity contribution is 0.210. The molecule has 4 heteroatoms. The van der Waals surface area contributed by atoms with Gasteiger partial charge in [0.2, 0.25) is 0 Å². The maximum Gasteiger partial charge on any atom is 0.120 e. The first-order valence-electron chi connectivity index (χ1n) is 8.96. The Morgan fingerprint density at radius 2 is 1.88 bits per heavy atom. The Kier molecular flexibility index (Phi) is 4.95. The van der Waals surface area contributed by atoms with Gasteiger partial charge in [-0.2, -0.15) is 0 Å². The zero-order valence-electron chi connectivity index (χ0n) is 14.7. The number of pyridine rings is 1. The summed E-state index contributed by atoms with van der Waals surface area (Å²) < 4.78 is 5.99. The zero-order chi connectivity index (χ0) is 17.8. The Morgan fingerprint density at radius 3 is 2.65 bits per heavy atom. The number of hydrogen-bond donors (Lipinski definition) is 1. The van der Waals surface area contributed by atoms with E-state index in [1.54, 1.807) is 6.20 Å². The predicted molar refractivity (Wildman–Crippen MR) is 102 cm³/mol. The van der Waals surface area contributed by atoms with Crippen LogP contribution in [-0.2, 0) is 19.7 Å². The van der Waals surface area contributed by atoms with Gasteiger partial charge in [0.05, 0.1) is 0 Å². The average molecular weight is 345 g/mol. The van der Waals surface area contributed by atoms with E-state index < -0.39 is 0 Å². The lowest BCUT2D eigenvalue weighted by atomic mass is 10.0. The summed E-state index contributed by atoms with van der Waals surface area (Å²) in [5.41, 5.74) is 11.1. The molecule has 1 aromatic heterocycles. The van der Waals surface area contributed by atoms with Crippen LogP contribution in [0.2, 0.25) is 0 Å². The molecule has 1 aliphatic rings. The van der Waals surface area contributed by atoms with Crippen molar-refractivity contribution in [1.29, 1.82) is 0 Å². The number of rotatable bonds is 6. The molecule has 3 aromatic rings. The largest absolute Gasteiger partial charge is 0.489 e. The van der Waals surface area contributed by atoms with E-state index in [2.05, 4.69) is 46.3 Å². The summed E-state index contributed by atoms with van der Waals surface area (Å²) >= 11 is 0. The summed E-state index contributed by atoms with van der Waals surface area (Å²) in [7, 11) is 0. The van der Waals surface area contributed by atoms with E-state index >= 15 is 0 Å². The second-order valence-electron chi connectivity index (χ2n) is 6.65. The van der Waals surface area contributed by atoms with E-state index in [-0.39, 0.29) is 6.04 Å². The molecule has 0 fully saturated rings. The molecule has 0 aliphatic carbocycles. The monoisotopic (exact) mass is 345 g/mol.